The number of aromatic nitrogens is 2. The van der Waals surface area contributed by atoms with Gasteiger partial charge in [0.15, 0.2) is 0 Å². The monoisotopic (exact) mass is 266 g/mol. The van der Waals surface area contributed by atoms with Gasteiger partial charge in [0.2, 0.25) is 0 Å². The Hall–Kier alpha value is -0.810. The molecule has 0 aliphatic carbocycles. The van der Waals surface area contributed by atoms with E-state index in [-0.39, 0.29) is 0 Å². The molecule has 1 fully saturated rings. The summed E-state index contributed by atoms with van der Waals surface area (Å²) < 4.78 is 0. The molecule has 1 unspecified atom stereocenters. The first-order chi connectivity index (χ1) is 8.85. The Kier molecular flexibility index (Phi) is 5.26. The van der Waals surface area contributed by atoms with Gasteiger partial charge in [-0.3, -0.25) is 0 Å². The van der Waals surface area contributed by atoms with Crippen molar-refractivity contribution >= 4 is 17.6 Å². The highest BCUT2D eigenvalue weighted by Gasteiger charge is 2.23. The summed E-state index contributed by atoms with van der Waals surface area (Å²) in [5.74, 6) is 1.09. The molecule has 0 aromatic carbocycles. The fraction of sp³-hybridized carbons (Fsp3) is 0.692. The fourth-order valence-corrected chi connectivity index (χ4v) is 2.89. The Bertz CT molecular complexity index is 372. The molecule has 1 aliphatic heterocycles. The Morgan fingerprint density at radius 3 is 3.11 bits per heavy atom. The number of rotatable bonds is 5. The van der Waals surface area contributed by atoms with E-state index in [1.54, 1.807) is 18.1 Å². The van der Waals surface area contributed by atoms with E-state index in [2.05, 4.69) is 32.5 Å². The molecule has 0 bridgehead atoms. The Labute approximate surface area is 114 Å². The maximum Gasteiger partial charge on any atom is 0.133 e. The molecule has 18 heavy (non-hydrogen) atoms. The van der Waals surface area contributed by atoms with Gasteiger partial charge in [-0.05, 0) is 45.5 Å². The predicted octanol–water partition coefficient (Wildman–Crippen LogP) is 2.17. The average molecular weight is 266 g/mol. The Morgan fingerprint density at radius 2 is 2.33 bits per heavy atom. The van der Waals surface area contributed by atoms with E-state index in [0.717, 1.165) is 23.9 Å². The maximum absolute atomic E-state index is 4.45. The van der Waals surface area contributed by atoms with Gasteiger partial charge in [-0.2, -0.15) is 0 Å². The van der Waals surface area contributed by atoms with Gasteiger partial charge in [-0.15, -0.1) is 11.8 Å². The summed E-state index contributed by atoms with van der Waals surface area (Å²) in [6.45, 7) is 2.20. The highest BCUT2D eigenvalue weighted by Crippen LogP contribution is 2.26. The predicted molar refractivity (Wildman–Crippen MR) is 77.3 cm³/mol. The van der Waals surface area contributed by atoms with Crippen LogP contribution >= 0.6 is 11.8 Å². The van der Waals surface area contributed by atoms with Crippen molar-refractivity contribution in [1.29, 1.82) is 0 Å². The summed E-state index contributed by atoms with van der Waals surface area (Å²) in [5, 5.41) is 4.30. The van der Waals surface area contributed by atoms with Gasteiger partial charge in [0.05, 0.1) is 0 Å². The zero-order valence-electron chi connectivity index (χ0n) is 11.2. The van der Waals surface area contributed by atoms with Crippen LogP contribution in [0.3, 0.4) is 0 Å². The van der Waals surface area contributed by atoms with Gasteiger partial charge in [0.1, 0.15) is 17.2 Å². The molecule has 0 saturated carbocycles. The first-order valence-corrected chi connectivity index (χ1v) is 7.85. The minimum absolute atomic E-state index is 0.621. The van der Waals surface area contributed by atoms with Crippen LogP contribution in [-0.4, -0.2) is 42.4 Å². The molecule has 5 heteroatoms. The number of anilines is 1. The molecule has 0 spiro atoms. The largest absolute Gasteiger partial charge is 0.353 e. The van der Waals surface area contributed by atoms with E-state index in [4.69, 9.17) is 0 Å². The lowest BCUT2D eigenvalue weighted by Gasteiger charge is -2.36. The molecule has 0 radical (unpaired) electrons. The molecule has 4 nitrogen and oxygen atoms in total. The van der Waals surface area contributed by atoms with Gasteiger partial charge >= 0.3 is 0 Å². The third kappa shape index (κ3) is 3.36. The topological polar surface area (TPSA) is 41.0 Å². The lowest BCUT2D eigenvalue weighted by atomic mass is 9.99. The van der Waals surface area contributed by atoms with Crippen molar-refractivity contribution in [3.05, 3.63) is 12.4 Å². The summed E-state index contributed by atoms with van der Waals surface area (Å²) in [4.78, 5) is 11.2. The van der Waals surface area contributed by atoms with Crippen molar-refractivity contribution in [2.45, 2.75) is 36.8 Å². The number of hydrogen-bond donors (Lipinski definition) is 1. The molecule has 1 saturated heterocycles. The zero-order chi connectivity index (χ0) is 12.8. The lowest BCUT2D eigenvalue weighted by molar-refractivity contribution is 0.430. The maximum atomic E-state index is 4.45. The van der Waals surface area contributed by atoms with Crippen LogP contribution in [0.5, 0.6) is 0 Å². The van der Waals surface area contributed by atoms with Crippen molar-refractivity contribution in [3.8, 4) is 0 Å². The molecule has 0 amide bonds. The van der Waals surface area contributed by atoms with E-state index in [1.807, 2.05) is 7.05 Å². The number of nitrogens with zero attached hydrogens (tertiary/aromatic N) is 3. The van der Waals surface area contributed by atoms with Crippen LogP contribution in [0, 0.1) is 0 Å². The highest BCUT2D eigenvalue weighted by atomic mass is 32.2. The molecular weight excluding hydrogens is 244 g/mol. The second kappa shape index (κ2) is 6.95. The highest BCUT2D eigenvalue weighted by molar-refractivity contribution is 7.98. The first-order valence-electron chi connectivity index (χ1n) is 6.62. The third-order valence-electron chi connectivity index (χ3n) is 3.49. The minimum atomic E-state index is 0.621. The van der Waals surface area contributed by atoms with E-state index < -0.39 is 0 Å². The van der Waals surface area contributed by atoms with Gasteiger partial charge in [0.25, 0.3) is 0 Å². The average Bonchev–Trinajstić information content (AvgIpc) is 2.45. The number of thioether (sulfide) groups is 1. The van der Waals surface area contributed by atoms with Crippen LogP contribution in [0.25, 0.3) is 0 Å². The molecule has 1 atom stereocenters. The number of piperidine rings is 1. The molecule has 2 heterocycles. The van der Waals surface area contributed by atoms with Crippen molar-refractivity contribution in [1.82, 2.24) is 15.3 Å². The SMILES string of the molecule is CNCCC1CCCCN1c1cc(SC)ncn1. The number of nitrogens with one attached hydrogen (secondary N) is 1. The van der Waals surface area contributed by atoms with Crippen LogP contribution in [0.15, 0.2) is 17.4 Å². The molecule has 100 valence electrons. The van der Waals surface area contributed by atoms with E-state index in [9.17, 15) is 0 Å². The molecular formula is C13H22N4S. The second-order valence-corrected chi connectivity index (χ2v) is 5.48. The minimum Gasteiger partial charge on any atom is -0.353 e. The van der Waals surface area contributed by atoms with Gasteiger partial charge < -0.3 is 10.2 Å². The number of hydrogen-bond acceptors (Lipinski definition) is 5. The fourth-order valence-electron chi connectivity index (χ4n) is 2.51. The van der Waals surface area contributed by atoms with Crippen LogP contribution in [0.1, 0.15) is 25.7 Å². The molecule has 1 N–H and O–H groups in total. The van der Waals surface area contributed by atoms with E-state index in [0.29, 0.717) is 6.04 Å². The van der Waals surface area contributed by atoms with E-state index in [1.165, 1.54) is 25.7 Å². The summed E-state index contributed by atoms with van der Waals surface area (Å²) >= 11 is 1.68. The first kappa shape index (κ1) is 13.6. The van der Waals surface area contributed by atoms with Crippen LogP contribution in [0.2, 0.25) is 0 Å². The zero-order valence-corrected chi connectivity index (χ0v) is 12.0. The smallest absolute Gasteiger partial charge is 0.133 e. The van der Waals surface area contributed by atoms with Crippen molar-refractivity contribution in [3.63, 3.8) is 0 Å². The quantitative estimate of drug-likeness (QED) is 0.653. The Morgan fingerprint density at radius 1 is 1.44 bits per heavy atom. The van der Waals surface area contributed by atoms with Crippen molar-refractivity contribution in [2.75, 3.05) is 31.3 Å². The lowest BCUT2D eigenvalue weighted by Crippen LogP contribution is -2.41. The van der Waals surface area contributed by atoms with Crippen molar-refractivity contribution in [2.24, 2.45) is 0 Å². The molecule has 1 aromatic heterocycles. The normalized spacial score (nSPS) is 20.1. The molecule has 1 aliphatic rings. The summed E-state index contributed by atoms with van der Waals surface area (Å²) in [7, 11) is 2.02. The van der Waals surface area contributed by atoms with Gasteiger partial charge in [-0.1, -0.05) is 0 Å². The summed E-state index contributed by atoms with van der Waals surface area (Å²) in [5.41, 5.74) is 0. The third-order valence-corrected chi connectivity index (χ3v) is 4.13. The summed E-state index contributed by atoms with van der Waals surface area (Å²) in [6.07, 6.45) is 8.82. The van der Waals surface area contributed by atoms with Crippen molar-refractivity contribution < 1.29 is 0 Å². The second-order valence-electron chi connectivity index (χ2n) is 4.65. The Balaban J connectivity index is 2.11. The molecule has 2 rings (SSSR count). The summed E-state index contributed by atoms with van der Waals surface area (Å²) in [6, 6.07) is 2.73. The van der Waals surface area contributed by atoms with E-state index >= 15 is 0 Å². The standard InChI is InChI=1S/C13H22N4S/c1-14-7-6-11-5-3-4-8-17(11)12-9-13(18-2)16-10-15-12/h9-11,14H,3-8H2,1-2H3. The van der Waals surface area contributed by atoms with Crippen LogP contribution < -0.4 is 10.2 Å². The van der Waals surface area contributed by atoms with Gasteiger partial charge in [0, 0.05) is 18.7 Å². The van der Waals surface area contributed by atoms with Gasteiger partial charge in [-0.25, -0.2) is 9.97 Å². The van der Waals surface area contributed by atoms with Crippen LogP contribution in [-0.2, 0) is 0 Å². The van der Waals surface area contributed by atoms with Crippen LogP contribution in [0.4, 0.5) is 5.82 Å². The molecule has 1 aromatic rings.